The van der Waals surface area contributed by atoms with Crippen molar-refractivity contribution in [3.05, 3.63) is 57.8 Å². The normalized spacial score (nSPS) is 14.0. The summed E-state index contributed by atoms with van der Waals surface area (Å²) in [5.41, 5.74) is 1.52. The van der Waals surface area contributed by atoms with Crippen LogP contribution in [0.4, 0.5) is 0 Å². The third-order valence-corrected chi connectivity index (χ3v) is 5.46. The number of hydrogen-bond donors (Lipinski definition) is 1. The van der Waals surface area contributed by atoms with Crippen LogP contribution in [0.1, 0.15) is 43.6 Å². The standard InChI is InChI=1S/C18H23N5O2S/c1-5-16-20-18-22(11-15(12(2)3)17(24)23(18)21-16)10-13-6-8-14(9-7-13)26(4,19)25/h6-9,11-12,19H,5,10H2,1-4H3/t26-/m1/s1. The molecule has 0 aliphatic carbocycles. The van der Waals surface area contributed by atoms with Crippen LogP contribution in [0, 0.1) is 4.78 Å². The lowest BCUT2D eigenvalue weighted by Gasteiger charge is -2.12. The van der Waals surface area contributed by atoms with E-state index in [-0.39, 0.29) is 11.5 Å². The van der Waals surface area contributed by atoms with E-state index in [4.69, 9.17) is 4.78 Å². The summed E-state index contributed by atoms with van der Waals surface area (Å²) in [7, 11) is -2.73. The van der Waals surface area contributed by atoms with E-state index in [2.05, 4.69) is 10.1 Å². The van der Waals surface area contributed by atoms with E-state index < -0.39 is 9.73 Å². The van der Waals surface area contributed by atoms with Gasteiger partial charge < -0.3 is 4.57 Å². The summed E-state index contributed by atoms with van der Waals surface area (Å²) < 4.78 is 22.8. The van der Waals surface area contributed by atoms with E-state index in [0.717, 1.165) is 5.56 Å². The molecule has 1 atom stereocenters. The average molecular weight is 373 g/mol. The minimum atomic E-state index is -2.73. The Balaban J connectivity index is 2.10. The first-order valence-electron chi connectivity index (χ1n) is 8.52. The molecule has 0 fully saturated rings. The van der Waals surface area contributed by atoms with Gasteiger partial charge in [-0.05, 0) is 23.6 Å². The predicted molar refractivity (Wildman–Crippen MR) is 101 cm³/mol. The first-order valence-corrected chi connectivity index (χ1v) is 10.5. The summed E-state index contributed by atoms with van der Waals surface area (Å²) in [6.45, 7) is 6.42. The highest BCUT2D eigenvalue weighted by atomic mass is 32.2. The van der Waals surface area contributed by atoms with Gasteiger partial charge in [0.15, 0.2) is 5.82 Å². The smallest absolute Gasteiger partial charge is 0.279 e. The van der Waals surface area contributed by atoms with E-state index in [1.54, 1.807) is 12.1 Å². The van der Waals surface area contributed by atoms with Gasteiger partial charge in [0.1, 0.15) is 0 Å². The third kappa shape index (κ3) is 3.41. The molecule has 0 saturated carbocycles. The van der Waals surface area contributed by atoms with Crippen molar-refractivity contribution in [2.45, 2.75) is 44.6 Å². The fourth-order valence-electron chi connectivity index (χ4n) is 2.78. The van der Waals surface area contributed by atoms with Crippen molar-refractivity contribution in [1.29, 1.82) is 4.78 Å². The van der Waals surface area contributed by atoms with E-state index in [1.165, 1.54) is 10.8 Å². The van der Waals surface area contributed by atoms with Crippen molar-refractivity contribution in [2.75, 3.05) is 6.26 Å². The van der Waals surface area contributed by atoms with Crippen molar-refractivity contribution in [2.24, 2.45) is 0 Å². The van der Waals surface area contributed by atoms with Crippen molar-refractivity contribution in [3.8, 4) is 0 Å². The zero-order valence-corrected chi connectivity index (χ0v) is 16.2. The second kappa shape index (κ2) is 6.68. The van der Waals surface area contributed by atoms with Crippen LogP contribution in [0.25, 0.3) is 5.78 Å². The van der Waals surface area contributed by atoms with Gasteiger partial charge in [-0.25, -0.2) is 8.99 Å². The van der Waals surface area contributed by atoms with Crippen molar-refractivity contribution < 1.29 is 4.21 Å². The quantitative estimate of drug-likeness (QED) is 0.744. The minimum absolute atomic E-state index is 0.0721. The Morgan fingerprint density at radius 2 is 1.88 bits per heavy atom. The van der Waals surface area contributed by atoms with Gasteiger partial charge >= 0.3 is 0 Å². The average Bonchev–Trinajstić information content (AvgIpc) is 3.02. The lowest BCUT2D eigenvalue weighted by molar-refractivity contribution is 0.678. The van der Waals surface area contributed by atoms with Gasteiger partial charge in [0.2, 0.25) is 5.78 Å². The second-order valence-electron chi connectivity index (χ2n) is 6.75. The minimum Gasteiger partial charge on any atom is -0.312 e. The highest BCUT2D eigenvalue weighted by Crippen LogP contribution is 2.15. The molecular weight excluding hydrogens is 350 g/mol. The molecule has 138 valence electrons. The lowest BCUT2D eigenvalue weighted by Crippen LogP contribution is -2.24. The van der Waals surface area contributed by atoms with Gasteiger partial charge in [-0.2, -0.15) is 9.50 Å². The van der Waals surface area contributed by atoms with Crippen LogP contribution in [0.3, 0.4) is 0 Å². The summed E-state index contributed by atoms with van der Waals surface area (Å²) in [5.74, 6) is 1.22. The Bertz CT molecular complexity index is 1110. The fraction of sp³-hybridized carbons (Fsp3) is 0.389. The molecule has 8 heteroatoms. The van der Waals surface area contributed by atoms with Crippen molar-refractivity contribution in [3.63, 3.8) is 0 Å². The molecule has 0 radical (unpaired) electrons. The first-order chi connectivity index (χ1) is 12.2. The highest BCUT2D eigenvalue weighted by Gasteiger charge is 2.15. The SMILES string of the molecule is CCc1nc2n(Cc3ccc([S@](C)(=N)=O)cc3)cc(C(C)C)c(=O)n2n1. The molecule has 0 bridgehead atoms. The molecular formula is C18H23N5O2S. The van der Waals surface area contributed by atoms with Crippen LogP contribution in [-0.2, 0) is 22.7 Å². The maximum absolute atomic E-state index is 12.7. The Labute approximate surface area is 152 Å². The van der Waals surface area contributed by atoms with Gasteiger partial charge in [0.05, 0.1) is 16.3 Å². The molecule has 0 amide bonds. The Hall–Kier alpha value is -2.48. The van der Waals surface area contributed by atoms with Gasteiger partial charge in [-0.15, -0.1) is 5.10 Å². The molecule has 0 aliphatic heterocycles. The number of nitrogens with one attached hydrogen (secondary N) is 1. The van der Waals surface area contributed by atoms with E-state index in [1.807, 2.05) is 43.7 Å². The van der Waals surface area contributed by atoms with Crippen LogP contribution in [0.2, 0.25) is 0 Å². The molecule has 0 aliphatic rings. The zero-order chi connectivity index (χ0) is 19.1. The lowest BCUT2D eigenvalue weighted by atomic mass is 10.1. The summed E-state index contributed by atoms with van der Waals surface area (Å²) >= 11 is 0. The summed E-state index contributed by atoms with van der Waals surface area (Å²) in [6, 6.07) is 7.14. The molecule has 1 aromatic carbocycles. The molecule has 2 aromatic heterocycles. The molecule has 0 unspecified atom stereocenters. The van der Waals surface area contributed by atoms with E-state index >= 15 is 0 Å². The van der Waals surface area contributed by atoms with Crippen LogP contribution in [0.5, 0.6) is 0 Å². The first kappa shape index (κ1) is 18.3. The van der Waals surface area contributed by atoms with Gasteiger partial charge in [0, 0.05) is 29.3 Å². The number of rotatable bonds is 5. The summed E-state index contributed by atoms with van der Waals surface area (Å²) in [6.07, 6.45) is 3.91. The fourth-order valence-corrected chi connectivity index (χ4v) is 3.44. The van der Waals surface area contributed by atoms with Crippen LogP contribution < -0.4 is 5.56 Å². The van der Waals surface area contributed by atoms with Gasteiger partial charge in [-0.3, -0.25) is 4.79 Å². The maximum Gasteiger partial charge on any atom is 0.279 e. The molecule has 3 aromatic rings. The number of aromatic nitrogens is 4. The van der Waals surface area contributed by atoms with E-state index in [9.17, 15) is 9.00 Å². The number of nitrogens with zero attached hydrogens (tertiary/aromatic N) is 4. The number of benzene rings is 1. The number of hydrogen-bond acceptors (Lipinski definition) is 5. The molecule has 26 heavy (non-hydrogen) atoms. The molecule has 0 spiro atoms. The Morgan fingerprint density at radius 3 is 2.42 bits per heavy atom. The van der Waals surface area contributed by atoms with Crippen LogP contribution in [0.15, 0.2) is 40.2 Å². The molecule has 0 saturated heterocycles. The van der Waals surface area contributed by atoms with Crippen LogP contribution in [-0.4, -0.2) is 29.6 Å². The van der Waals surface area contributed by atoms with Gasteiger partial charge in [0.25, 0.3) is 5.56 Å². The molecule has 7 nitrogen and oxygen atoms in total. The third-order valence-electron chi connectivity index (χ3n) is 4.29. The Kier molecular flexibility index (Phi) is 4.70. The Morgan fingerprint density at radius 1 is 1.23 bits per heavy atom. The number of aryl methyl sites for hydroxylation is 1. The van der Waals surface area contributed by atoms with E-state index in [0.29, 0.717) is 35.0 Å². The topological polar surface area (TPSA) is 93.1 Å². The van der Waals surface area contributed by atoms with Crippen LogP contribution >= 0.6 is 0 Å². The maximum atomic E-state index is 12.7. The monoisotopic (exact) mass is 373 g/mol. The summed E-state index contributed by atoms with van der Waals surface area (Å²) in [5, 5.41) is 4.33. The van der Waals surface area contributed by atoms with Gasteiger partial charge in [-0.1, -0.05) is 32.9 Å². The molecule has 3 rings (SSSR count). The molecule has 1 N–H and O–H groups in total. The van der Waals surface area contributed by atoms with Crippen molar-refractivity contribution in [1.82, 2.24) is 19.2 Å². The highest BCUT2D eigenvalue weighted by molar-refractivity contribution is 7.91. The zero-order valence-electron chi connectivity index (χ0n) is 15.4. The summed E-state index contributed by atoms with van der Waals surface area (Å²) in [4.78, 5) is 17.6. The predicted octanol–water partition coefficient (Wildman–Crippen LogP) is 2.66. The van der Waals surface area contributed by atoms with Crippen molar-refractivity contribution >= 4 is 15.5 Å². The second-order valence-corrected chi connectivity index (χ2v) is 8.91. The largest absolute Gasteiger partial charge is 0.312 e. The number of fused-ring (bicyclic) bond motifs is 1. The molecule has 2 heterocycles.